The van der Waals surface area contributed by atoms with Crippen LogP contribution >= 0.6 is 39.9 Å². The van der Waals surface area contributed by atoms with Crippen molar-refractivity contribution in [2.45, 2.75) is 6.61 Å². The Morgan fingerprint density at radius 2 is 1.88 bits per heavy atom. The fourth-order valence-corrected chi connectivity index (χ4v) is 5.14. The number of rotatable bonds is 5. The van der Waals surface area contributed by atoms with Gasteiger partial charge in [-0.25, -0.2) is 0 Å². The molecule has 0 bridgehead atoms. The maximum absolute atomic E-state index is 13.1. The van der Waals surface area contributed by atoms with Gasteiger partial charge in [0.1, 0.15) is 12.4 Å². The highest BCUT2D eigenvalue weighted by Gasteiger charge is 2.34. The average Bonchev–Trinajstić information content (AvgIpc) is 3.37. The van der Waals surface area contributed by atoms with Crippen LogP contribution in [0.5, 0.6) is 17.2 Å². The highest BCUT2D eigenvalue weighted by Crippen LogP contribution is 2.41. The van der Waals surface area contributed by atoms with Crippen LogP contribution in [-0.2, 0) is 11.4 Å². The minimum atomic E-state index is -0.167. The zero-order chi connectivity index (χ0) is 22.1. The number of anilines is 1. The van der Waals surface area contributed by atoms with Gasteiger partial charge in [0.25, 0.3) is 5.91 Å². The summed E-state index contributed by atoms with van der Waals surface area (Å²) >= 11 is 10.3. The van der Waals surface area contributed by atoms with Crippen molar-refractivity contribution in [2.24, 2.45) is 0 Å². The number of amides is 1. The van der Waals surface area contributed by atoms with Crippen molar-refractivity contribution in [1.29, 1.82) is 0 Å². The summed E-state index contributed by atoms with van der Waals surface area (Å²) in [6.45, 7) is 0.657. The molecule has 0 atom stereocenters. The maximum atomic E-state index is 13.1. The molecule has 0 spiro atoms. The van der Waals surface area contributed by atoms with Crippen molar-refractivity contribution in [3.8, 4) is 17.2 Å². The number of ether oxygens (including phenoxy) is 3. The third-order valence-electron chi connectivity index (χ3n) is 4.90. The van der Waals surface area contributed by atoms with Crippen molar-refractivity contribution in [3.05, 3.63) is 87.2 Å². The van der Waals surface area contributed by atoms with Crippen LogP contribution in [0.25, 0.3) is 6.08 Å². The number of carbonyl (C=O) groups excluding carboxylic acids is 1. The molecule has 2 heterocycles. The Labute approximate surface area is 203 Å². The molecule has 0 unspecified atom stereocenters. The summed E-state index contributed by atoms with van der Waals surface area (Å²) in [5, 5.41) is 0. The number of nitrogens with zero attached hydrogens (tertiary/aromatic N) is 1. The van der Waals surface area contributed by atoms with Crippen LogP contribution in [0, 0.1) is 0 Å². The SMILES string of the molecule is O=C1/C(=C\c2ccc(OCc3ccccc3)c(Br)c2)SC(=S)N1c1ccc2c(c1)OCO2. The molecule has 0 aromatic heterocycles. The van der Waals surface area contributed by atoms with Crippen LogP contribution in [-0.4, -0.2) is 17.0 Å². The normalized spacial score (nSPS) is 16.2. The lowest BCUT2D eigenvalue weighted by Gasteiger charge is -2.14. The molecule has 2 aliphatic rings. The first kappa shape index (κ1) is 21.1. The van der Waals surface area contributed by atoms with Gasteiger partial charge in [0.05, 0.1) is 15.1 Å². The summed E-state index contributed by atoms with van der Waals surface area (Å²) in [6.07, 6.45) is 1.83. The lowest BCUT2D eigenvalue weighted by Crippen LogP contribution is -2.27. The van der Waals surface area contributed by atoms with Crippen LogP contribution in [0.3, 0.4) is 0 Å². The number of thioether (sulfide) groups is 1. The largest absolute Gasteiger partial charge is 0.488 e. The lowest BCUT2D eigenvalue weighted by molar-refractivity contribution is -0.113. The van der Waals surface area contributed by atoms with E-state index in [1.54, 1.807) is 18.2 Å². The predicted octanol–water partition coefficient (Wildman–Crippen LogP) is 6.16. The molecule has 0 saturated carbocycles. The average molecular weight is 526 g/mol. The monoisotopic (exact) mass is 525 g/mol. The summed E-state index contributed by atoms with van der Waals surface area (Å²) in [6, 6.07) is 21.1. The molecule has 0 N–H and O–H groups in total. The minimum Gasteiger partial charge on any atom is -0.488 e. The van der Waals surface area contributed by atoms with Gasteiger partial charge in [-0.2, -0.15) is 0 Å². The molecule has 0 aliphatic carbocycles. The predicted molar refractivity (Wildman–Crippen MR) is 133 cm³/mol. The smallest absolute Gasteiger partial charge is 0.270 e. The number of halogens is 1. The topological polar surface area (TPSA) is 48.0 Å². The third kappa shape index (κ3) is 4.26. The van der Waals surface area contributed by atoms with E-state index in [1.165, 1.54) is 16.7 Å². The zero-order valence-electron chi connectivity index (χ0n) is 16.6. The summed E-state index contributed by atoms with van der Waals surface area (Å²) in [4.78, 5) is 15.1. The molecule has 1 fully saturated rings. The van der Waals surface area contributed by atoms with Gasteiger partial charge >= 0.3 is 0 Å². The van der Waals surface area contributed by atoms with E-state index < -0.39 is 0 Å². The van der Waals surface area contributed by atoms with E-state index in [1.807, 2.05) is 54.6 Å². The van der Waals surface area contributed by atoms with Gasteiger partial charge in [-0.1, -0.05) is 60.4 Å². The Kier molecular flexibility index (Phi) is 5.91. The standard InChI is InChI=1S/C24H16BrNO4S2/c25-18-10-16(6-8-19(18)28-13-15-4-2-1-3-5-15)11-22-23(27)26(24(31)32-22)17-7-9-20-21(12-17)30-14-29-20/h1-12H,13-14H2/b22-11+. The maximum Gasteiger partial charge on any atom is 0.270 e. The van der Waals surface area contributed by atoms with Gasteiger partial charge < -0.3 is 14.2 Å². The van der Waals surface area contributed by atoms with Crippen LogP contribution in [0.1, 0.15) is 11.1 Å². The molecule has 5 nitrogen and oxygen atoms in total. The molecule has 3 aromatic carbocycles. The minimum absolute atomic E-state index is 0.167. The highest BCUT2D eigenvalue weighted by molar-refractivity contribution is 9.10. The number of hydrogen-bond acceptors (Lipinski definition) is 6. The molecular weight excluding hydrogens is 510 g/mol. The molecule has 3 aromatic rings. The Hall–Kier alpha value is -2.81. The van der Waals surface area contributed by atoms with Gasteiger partial charge in [0, 0.05) is 6.07 Å². The Morgan fingerprint density at radius 1 is 1.06 bits per heavy atom. The second-order valence-electron chi connectivity index (χ2n) is 7.02. The number of benzene rings is 3. The number of hydrogen-bond donors (Lipinski definition) is 0. The van der Waals surface area contributed by atoms with Crippen molar-refractivity contribution in [1.82, 2.24) is 0 Å². The molecule has 0 radical (unpaired) electrons. The van der Waals surface area contributed by atoms with E-state index in [0.717, 1.165) is 21.3 Å². The summed E-state index contributed by atoms with van der Waals surface area (Å²) < 4.78 is 18.0. The quantitative estimate of drug-likeness (QED) is 0.293. The van der Waals surface area contributed by atoms with Crippen molar-refractivity contribution in [3.63, 3.8) is 0 Å². The van der Waals surface area contributed by atoms with E-state index >= 15 is 0 Å². The van der Waals surface area contributed by atoms with Crippen LogP contribution in [0.15, 0.2) is 76.1 Å². The van der Waals surface area contributed by atoms with Crippen molar-refractivity contribution >= 4 is 61.9 Å². The second-order valence-corrected chi connectivity index (χ2v) is 9.55. The molecule has 32 heavy (non-hydrogen) atoms. The van der Waals surface area contributed by atoms with Gasteiger partial charge in [0.15, 0.2) is 15.8 Å². The van der Waals surface area contributed by atoms with Crippen LogP contribution in [0.2, 0.25) is 0 Å². The van der Waals surface area contributed by atoms with Crippen molar-refractivity contribution < 1.29 is 19.0 Å². The molecule has 1 saturated heterocycles. The first-order valence-corrected chi connectivity index (χ1v) is 11.7. The van der Waals surface area contributed by atoms with Gasteiger partial charge in [-0.15, -0.1) is 0 Å². The molecular formula is C24H16BrNO4S2. The van der Waals surface area contributed by atoms with Gasteiger partial charge in [-0.3, -0.25) is 9.69 Å². The van der Waals surface area contributed by atoms with Gasteiger partial charge in [-0.05, 0) is 57.4 Å². The Morgan fingerprint density at radius 3 is 2.69 bits per heavy atom. The van der Waals surface area contributed by atoms with E-state index in [0.29, 0.717) is 33.0 Å². The summed E-state index contributed by atoms with van der Waals surface area (Å²) in [5.74, 6) is 1.84. The van der Waals surface area contributed by atoms with Crippen LogP contribution in [0.4, 0.5) is 5.69 Å². The van der Waals surface area contributed by atoms with Gasteiger partial charge in [0.2, 0.25) is 6.79 Å². The number of fused-ring (bicyclic) bond motifs is 1. The Balaban J connectivity index is 1.33. The third-order valence-corrected chi connectivity index (χ3v) is 6.82. The van der Waals surface area contributed by atoms with E-state index in [-0.39, 0.29) is 12.7 Å². The Bertz CT molecular complexity index is 1250. The lowest BCUT2D eigenvalue weighted by atomic mass is 10.2. The van der Waals surface area contributed by atoms with Crippen molar-refractivity contribution in [2.75, 3.05) is 11.7 Å². The number of thiocarbonyl (C=S) groups is 1. The molecule has 2 aliphatic heterocycles. The first-order valence-electron chi connectivity index (χ1n) is 9.72. The highest BCUT2D eigenvalue weighted by atomic mass is 79.9. The summed E-state index contributed by atoms with van der Waals surface area (Å²) in [7, 11) is 0. The first-order chi connectivity index (χ1) is 15.6. The molecule has 1 amide bonds. The van der Waals surface area contributed by atoms with E-state index in [2.05, 4.69) is 15.9 Å². The number of carbonyl (C=O) groups is 1. The fraction of sp³-hybridized carbons (Fsp3) is 0.0833. The molecule has 5 rings (SSSR count). The zero-order valence-corrected chi connectivity index (χ0v) is 19.8. The van der Waals surface area contributed by atoms with E-state index in [4.69, 9.17) is 26.4 Å². The van der Waals surface area contributed by atoms with E-state index in [9.17, 15) is 4.79 Å². The molecule has 8 heteroatoms. The summed E-state index contributed by atoms with van der Waals surface area (Å²) in [5.41, 5.74) is 2.62. The second kappa shape index (κ2) is 8.97. The fourth-order valence-electron chi connectivity index (χ4n) is 3.33. The van der Waals surface area contributed by atoms with Crippen LogP contribution < -0.4 is 19.1 Å². The molecule has 160 valence electrons.